The molecule has 2 heteroatoms. The molecule has 27 heavy (non-hydrogen) atoms. The molecule has 0 aliphatic rings. The Labute approximate surface area is 163 Å². The molecule has 1 aromatic heterocycles. The number of thiophene rings is 1. The SMILES string of the molecule is N#Cc1ccc(C(=C(c2ccccc2)c2ccccc2)c2ccccc2)s1. The number of nitrogens with zero attached hydrogens (tertiary/aromatic N) is 1. The van der Waals surface area contributed by atoms with Crippen LogP contribution in [0.2, 0.25) is 0 Å². The van der Waals surface area contributed by atoms with Crippen molar-refractivity contribution in [3.8, 4) is 6.07 Å². The summed E-state index contributed by atoms with van der Waals surface area (Å²) < 4.78 is 0. The van der Waals surface area contributed by atoms with E-state index in [-0.39, 0.29) is 0 Å². The summed E-state index contributed by atoms with van der Waals surface area (Å²) in [5, 5.41) is 9.32. The molecule has 0 bridgehead atoms. The molecule has 1 heterocycles. The lowest BCUT2D eigenvalue weighted by molar-refractivity contribution is 1.52. The first kappa shape index (κ1) is 17.0. The van der Waals surface area contributed by atoms with Crippen molar-refractivity contribution in [2.45, 2.75) is 0 Å². The molecule has 0 atom stereocenters. The normalized spacial score (nSPS) is 10.2. The Balaban J connectivity index is 2.08. The quantitative estimate of drug-likeness (QED) is 0.373. The zero-order valence-electron chi connectivity index (χ0n) is 14.7. The van der Waals surface area contributed by atoms with Crippen LogP contribution in [0.3, 0.4) is 0 Å². The van der Waals surface area contributed by atoms with Crippen LogP contribution in [0.5, 0.6) is 0 Å². The van der Waals surface area contributed by atoms with Crippen molar-refractivity contribution in [1.29, 1.82) is 5.26 Å². The first-order chi connectivity index (χ1) is 13.4. The topological polar surface area (TPSA) is 23.8 Å². The van der Waals surface area contributed by atoms with Crippen LogP contribution in [-0.2, 0) is 0 Å². The van der Waals surface area contributed by atoms with Gasteiger partial charge < -0.3 is 0 Å². The third kappa shape index (κ3) is 3.60. The van der Waals surface area contributed by atoms with E-state index in [4.69, 9.17) is 0 Å². The van der Waals surface area contributed by atoms with Crippen LogP contribution in [0.1, 0.15) is 26.4 Å². The lowest BCUT2D eigenvalue weighted by Crippen LogP contribution is -1.95. The van der Waals surface area contributed by atoms with Crippen LogP contribution in [0.25, 0.3) is 11.1 Å². The van der Waals surface area contributed by atoms with Crippen molar-refractivity contribution in [2.75, 3.05) is 0 Å². The highest BCUT2D eigenvalue weighted by Crippen LogP contribution is 2.39. The lowest BCUT2D eigenvalue weighted by atomic mass is 9.89. The number of rotatable bonds is 4. The first-order valence-corrected chi connectivity index (χ1v) is 9.59. The zero-order chi connectivity index (χ0) is 18.5. The molecule has 0 aliphatic heterocycles. The van der Waals surface area contributed by atoms with Crippen molar-refractivity contribution < 1.29 is 0 Å². The van der Waals surface area contributed by atoms with Gasteiger partial charge in [-0.15, -0.1) is 11.3 Å². The Morgan fingerprint density at radius 2 is 1.00 bits per heavy atom. The number of nitriles is 1. The molecule has 0 unspecified atom stereocenters. The van der Waals surface area contributed by atoms with Gasteiger partial charge in [0.25, 0.3) is 0 Å². The van der Waals surface area contributed by atoms with Gasteiger partial charge in [0, 0.05) is 10.5 Å². The summed E-state index contributed by atoms with van der Waals surface area (Å²) in [7, 11) is 0. The Morgan fingerprint density at radius 3 is 1.41 bits per heavy atom. The van der Waals surface area contributed by atoms with E-state index < -0.39 is 0 Å². The second-order valence-corrected chi connectivity index (χ2v) is 7.21. The minimum Gasteiger partial charge on any atom is -0.192 e. The van der Waals surface area contributed by atoms with Gasteiger partial charge in [0.2, 0.25) is 0 Å². The molecule has 4 rings (SSSR count). The van der Waals surface area contributed by atoms with Crippen molar-refractivity contribution in [3.63, 3.8) is 0 Å². The fourth-order valence-corrected chi connectivity index (χ4v) is 4.09. The summed E-state index contributed by atoms with van der Waals surface area (Å²) in [6.45, 7) is 0. The Hall–Kier alpha value is -3.41. The van der Waals surface area contributed by atoms with E-state index in [0.717, 1.165) is 32.0 Å². The van der Waals surface area contributed by atoms with E-state index in [9.17, 15) is 5.26 Å². The molecular weight excluding hydrogens is 346 g/mol. The lowest BCUT2D eigenvalue weighted by Gasteiger charge is -2.16. The van der Waals surface area contributed by atoms with Crippen LogP contribution in [0.4, 0.5) is 0 Å². The molecule has 4 aromatic rings. The molecule has 0 spiro atoms. The third-order valence-corrected chi connectivity index (χ3v) is 5.41. The molecule has 0 saturated heterocycles. The van der Waals surface area contributed by atoms with Crippen LogP contribution >= 0.6 is 11.3 Å². The van der Waals surface area contributed by atoms with Crippen LogP contribution in [0, 0.1) is 11.3 Å². The fourth-order valence-electron chi connectivity index (χ4n) is 3.21. The van der Waals surface area contributed by atoms with Gasteiger partial charge in [-0.05, 0) is 34.4 Å². The molecule has 0 aliphatic carbocycles. The van der Waals surface area contributed by atoms with Crippen molar-refractivity contribution in [2.24, 2.45) is 0 Å². The van der Waals surface area contributed by atoms with Gasteiger partial charge in [0.1, 0.15) is 10.9 Å². The van der Waals surface area contributed by atoms with E-state index in [1.54, 1.807) is 0 Å². The number of hydrogen-bond donors (Lipinski definition) is 0. The van der Waals surface area contributed by atoms with Gasteiger partial charge in [-0.25, -0.2) is 0 Å². The fraction of sp³-hybridized carbons (Fsp3) is 0. The molecule has 3 aromatic carbocycles. The van der Waals surface area contributed by atoms with Crippen LogP contribution in [-0.4, -0.2) is 0 Å². The van der Waals surface area contributed by atoms with E-state index in [1.165, 1.54) is 16.9 Å². The molecule has 1 nitrogen and oxygen atoms in total. The largest absolute Gasteiger partial charge is 0.192 e. The van der Waals surface area contributed by atoms with Gasteiger partial charge >= 0.3 is 0 Å². The summed E-state index contributed by atoms with van der Waals surface area (Å²) in [4.78, 5) is 1.82. The highest BCUT2D eigenvalue weighted by Gasteiger charge is 2.17. The Bertz CT molecular complexity index is 1060. The van der Waals surface area contributed by atoms with E-state index >= 15 is 0 Å². The Morgan fingerprint density at radius 1 is 0.556 bits per heavy atom. The van der Waals surface area contributed by atoms with Gasteiger partial charge in [0.05, 0.1) is 0 Å². The molecular formula is C25H17NS. The summed E-state index contributed by atoms with van der Waals surface area (Å²) in [5.41, 5.74) is 5.80. The maximum Gasteiger partial charge on any atom is 0.110 e. The maximum absolute atomic E-state index is 9.32. The van der Waals surface area contributed by atoms with E-state index in [1.807, 2.05) is 24.3 Å². The standard InChI is InChI=1S/C25H17NS/c26-18-22-16-17-23(27-22)25(21-14-8-3-9-15-21)24(19-10-4-1-5-11-19)20-12-6-2-7-13-20/h1-17H. The van der Waals surface area contributed by atoms with Gasteiger partial charge in [0.15, 0.2) is 0 Å². The number of benzene rings is 3. The van der Waals surface area contributed by atoms with E-state index in [0.29, 0.717) is 0 Å². The minimum absolute atomic E-state index is 0.721. The average Bonchev–Trinajstić information content (AvgIpc) is 3.22. The first-order valence-electron chi connectivity index (χ1n) is 8.77. The minimum atomic E-state index is 0.721. The predicted octanol–water partition coefficient (Wildman–Crippen LogP) is 6.63. The third-order valence-electron chi connectivity index (χ3n) is 4.40. The summed E-state index contributed by atoms with van der Waals surface area (Å²) in [5.74, 6) is 0. The van der Waals surface area contributed by atoms with Crippen molar-refractivity contribution in [3.05, 3.63) is 130 Å². The van der Waals surface area contributed by atoms with Crippen LogP contribution in [0.15, 0.2) is 103 Å². The molecule has 128 valence electrons. The molecule has 0 fully saturated rings. The predicted molar refractivity (Wildman–Crippen MR) is 113 cm³/mol. The highest BCUT2D eigenvalue weighted by molar-refractivity contribution is 7.13. The zero-order valence-corrected chi connectivity index (χ0v) is 15.5. The van der Waals surface area contributed by atoms with Crippen molar-refractivity contribution in [1.82, 2.24) is 0 Å². The van der Waals surface area contributed by atoms with Gasteiger partial charge in [-0.3, -0.25) is 0 Å². The maximum atomic E-state index is 9.32. The van der Waals surface area contributed by atoms with Crippen LogP contribution < -0.4 is 0 Å². The van der Waals surface area contributed by atoms with Gasteiger partial charge in [-0.2, -0.15) is 5.26 Å². The average molecular weight is 363 g/mol. The summed E-state index contributed by atoms with van der Waals surface area (Å²) in [6, 6.07) is 37.5. The molecule has 0 saturated carbocycles. The molecule has 0 N–H and O–H groups in total. The summed E-state index contributed by atoms with van der Waals surface area (Å²) in [6.07, 6.45) is 0. The second-order valence-electron chi connectivity index (χ2n) is 6.12. The second kappa shape index (κ2) is 7.86. The van der Waals surface area contributed by atoms with Crippen molar-refractivity contribution >= 4 is 22.5 Å². The Kier molecular flexibility index (Phi) is 4.96. The highest BCUT2D eigenvalue weighted by atomic mass is 32.1. The summed E-state index contributed by atoms with van der Waals surface area (Å²) >= 11 is 1.53. The molecule has 0 amide bonds. The monoisotopic (exact) mass is 363 g/mol. The molecule has 0 radical (unpaired) electrons. The van der Waals surface area contributed by atoms with Gasteiger partial charge in [-0.1, -0.05) is 91.0 Å². The number of hydrogen-bond acceptors (Lipinski definition) is 2. The van der Waals surface area contributed by atoms with E-state index in [2.05, 4.69) is 84.9 Å². The smallest absolute Gasteiger partial charge is 0.110 e.